The normalized spacial score (nSPS) is 13.2. The van der Waals surface area contributed by atoms with Gasteiger partial charge in [0.1, 0.15) is 34.4 Å². The van der Waals surface area contributed by atoms with Gasteiger partial charge in [0.2, 0.25) is 0 Å². The van der Waals surface area contributed by atoms with Crippen molar-refractivity contribution in [3.05, 3.63) is 144 Å². The third kappa shape index (κ3) is 4.64. The van der Waals surface area contributed by atoms with Crippen molar-refractivity contribution < 1.29 is 26.0 Å². The Morgan fingerprint density at radius 2 is 0.886 bits per heavy atom. The molecule has 7 rings (SSSR count). The van der Waals surface area contributed by atoms with Crippen molar-refractivity contribution in [3.8, 4) is 0 Å². The van der Waals surface area contributed by atoms with Gasteiger partial charge in [0.05, 0.1) is 12.1 Å². The Morgan fingerprint density at radius 1 is 0.500 bits per heavy atom. The van der Waals surface area contributed by atoms with Gasteiger partial charge in [-0.1, -0.05) is 72.8 Å². The zero-order chi connectivity index (χ0) is 30.5. The molecule has 220 valence electrons. The van der Waals surface area contributed by atoms with Gasteiger partial charge in [0, 0.05) is 21.9 Å². The van der Waals surface area contributed by atoms with E-state index in [1.807, 2.05) is 72.8 Å². The minimum Gasteiger partial charge on any atom is -0.408 e. The van der Waals surface area contributed by atoms with Crippen LogP contribution in [0.3, 0.4) is 0 Å². The lowest BCUT2D eigenvalue weighted by molar-refractivity contribution is 0.478. The van der Waals surface area contributed by atoms with Crippen LogP contribution in [0.2, 0.25) is 0 Å². The highest BCUT2D eigenvalue weighted by Crippen LogP contribution is 2.48. The van der Waals surface area contributed by atoms with Gasteiger partial charge in [-0.25, -0.2) is 17.6 Å². The third-order valence-electron chi connectivity index (χ3n) is 8.20. The lowest BCUT2D eigenvalue weighted by Gasteiger charge is -2.32. The summed E-state index contributed by atoms with van der Waals surface area (Å²) in [5.74, 6) is -3.14. The van der Waals surface area contributed by atoms with E-state index in [4.69, 9.17) is 8.39 Å². The number of fused-ring (bicyclic) bond motifs is 7. The molecule has 0 amide bonds. The smallest absolute Gasteiger partial charge is 0.310 e. The van der Waals surface area contributed by atoms with Crippen LogP contribution in [0.5, 0.6) is 0 Å². The maximum atomic E-state index is 15.3. The predicted molar refractivity (Wildman–Crippen MR) is 169 cm³/mol. The topological polar surface area (TPSA) is 29.5 Å². The van der Waals surface area contributed by atoms with E-state index >= 15 is 17.6 Å². The molecule has 0 unspecified atom stereocenters. The number of halogens is 4. The summed E-state index contributed by atoms with van der Waals surface area (Å²) in [5.41, 5.74) is 0.453. The summed E-state index contributed by atoms with van der Waals surface area (Å²) in [6, 6.07) is 28.4. The summed E-state index contributed by atoms with van der Waals surface area (Å²) < 4.78 is 76.0. The average Bonchev–Trinajstić information content (AvgIpc) is 3.18. The van der Waals surface area contributed by atoms with Crippen molar-refractivity contribution >= 4 is 51.6 Å². The molecular formula is C36H26F4NO2P. The molecule has 8 heteroatoms. The van der Waals surface area contributed by atoms with Crippen LogP contribution < -0.4 is 4.67 Å². The molecule has 0 aliphatic heterocycles. The van der Waals surface area contributed by atoms with E-state index < -0.39 is 43.5 Å². The Labute approximate surface area is 251 Å². The molecule has 0 fully saturated rings. The van der Waals surface area contributed by atoms with Crippen molar-refractivity contribution in [2.45, 2.75) is 25.9 Å². The van der Waals surface area contributed by atoms with Gasteiger partial charge in [-0.05, 0) is 71.8 Å². The molecule has 3 nitrogen and oxygen atoms in total. The summed E-state index contributed by atoms with van der Waals surface area (Å²) in [7, 11) is -2.25. The number of nitrogens with zero attached hydrogens (tertiary/aromatic N) is 1. The minimum absolute atomic E-state index is 0.257. The van der Waals surface area contributed by atoms with Gasteiger partial charge in [-0.15, -0.1) is 0 Å². The first kappa shape index (κ1) is 28.2. The maximum absolute atomic E-state index is 15.3. The van der Waals surface area contributed by atoms with Crippen molar-refractivity contribution in [3.63, 3.8) is 0 Å². The average molecular weight is 612 g/mol. The Bertz CT molecular complexity index is 2050. The Hall–Kier alpha value is -4.58. The van der Waals surface area contributed by atoms with Crippen molar-refractivity contribution in [2.75, 3.05) is 4.67 Å². The maximum Gasteiger partial charge on any atom is 0.310 e. The van der Waals surface area contributed by atoms with Gasteiger partial charge in [-0.2, -0.15) is 4.67 Å². The molecule has 0 saturated carbocycles. The lowest BCUT2D eigenvalue weighted by Crippen LogP contribution is -2.29. The SMILES string of the molecule is C[C@H](c1c(F)cccc1F)N([C@H](C)c1c(F)cccc1F)p1oc2ccc3ccccc3c2c2c(ccc3ccccc32)o1. The summed E-state index contributed by atoms with van der Waals surface area (Å²) in [4.78, 5) is 0. The molecule has 0 aliphatic rings. The van der Waals surface area contributed by atoms with Crippen LogP contribution >= 0.6 is 8.16 Å². The Balaban J connectivity index is 1.62. The molecule has 44 heavy (non-hydrogen) atoms. The Kier molecular flexibility index (Phi) is 7.16. The fraction of sp³-hybridized carbons (Fsp3) is 0.111. The number of rotatable bonds is 5. The molecule has 0 saturated heterocycles. The summed E-state index contributed by atoms with van der Waals surface area (Å²) >= 11 is 0. The van der Waals surface area contributed by atoms with Gasteiger partial charge in [0.15, 0.2) is 0 Å². The molecule has 0 radical (unpaired) electrons. The van der Waals surface area contributed by atoms with Crippen molar-refractivity contribution in [1.82, 2.24) is 0 Å². The molecule has 0 aliphatic carbocycles. The van der Waals surface area contributed by atoms with E-state index in [9.17, 15) is 0 Å². The molecule has 0 spiro atoms. The van der Waals surface area contributed by atoms with Gasteiger partial charge < -0.3 is 8.39 Å². The van der Waals surface area contributed by atoms with Gasteiger partial charge in [-0.3, -0.25) is 0 Å². The predicted octanol–water partition coefficient (Wildman–Crippen LogP) is 11.6. The number of benzene rings is 6. The second kappa shape index (κ2) is 11.2. The second-order valence-corrected chi connectivity index (χ2v) is 12.0. The monoisotopic (exact) mass is 611 g/mol. The fourth-order valence-electron chi connectivity index (χ4n) is 6.15. The van der Waals surface area contributed by atoms with Crippen LogP contribution in [-0.2, 0) is 0 Å². The van der Waals surface area contributed by atoms with Crippen LogP contribution in [0, 0.1) is 23.3 Å². The molecule has 2 atom stereocenters. The second-order valence-electron chi connectivity index (χ2n) is 10.7. The molecule has 6 aromatic carbocycles. The first-order chi connectivity index (χ1) is 21.3. The van der Waals surface area contributed by atoms with Gasteiger partial charge >= 0.3 is 8.16 Å². The van der Waals surface area contributed by atoms with Crippen LogP contribution in [0.4, 0.5) is 17.6 Å². The summed E-state index contributed by atoms with van der Waals surface area (Å²) in [6.07, 6.45) is 0. The van der Waals surface area contributed by atoms with E-state index in [1.54, 1.807) is 13.8 Å². The van der Waals surface area contributed by atoms with Crippen LogP contribution in [0.15, 0.2) is 118 Å². The van der Waals surface area contributed by atoms with E-state index in [2.05, 4.69) is 0 Å². The molecule has 1 heterocycles. The van der Waals surface area contributed by atoms with Crippen LogP contribution in [0.25, 0.3) is 43.5 Å². The highest BCUT2D eigenvalue weighted by atomic mass is 31.1. The van der Waals surface area contributed by atoms with E-state index in [0.717, 1.165) is 56.6 Å². The van der Waals surface area contributed by atoms with Crippen LogP contribution in [-0.4, -0.2) is 0 Å². The third-order valence-corrected chi connectivity index (χ3v) is 9.98. The first-order valence-corrected chi connectivity index (χ1v) is 15.3. The highest BCUT2D eigenvalue weighted by Gasteiger charge is 2.34. The highest BCUT2D eigenvalue weighted by molar-refractivity contribution is 7.39. The van der Waals surface area contributed by atoms with E-state index in [-0.39, 0.29) is 11.1 Å². The molecule has 1 aromatic heterocycles. The van der Waals surface area contributed by atoms with Gasteiger partial charge in [0.25, 0.3) is 0 Å². The Morgan fingerprint density at radius 3 is 1.30 bits per heavy atom. The zero-order valence-electron chi connectivity index (χ0n) is 23.8. The summed E-state index contributed by atoms with van der Waals surface area (Å²) in [6.45, 7) is 3.17. The zero-order valence-corrected chi connectivity index (χ0v) is 24.7. The minimum atomic E-state index is -2.25. The largest absolute Gasteiger partial charge is 0.408 e. The fourth-order valence-corrected chi connectivity index (χ4v) is 7.82. The lowest BCUT2D eigenvalue weighted by atomic mass is 9.99. The molecule has 0 N–H and O–H groups in total. The van der Waals surface area contributed by atoms with E-state index in [0.29, 0.717) is 11.2 Å². The first-order valence-electron chi connectivity index (χ1n) is 14.2. The van der Waals surface area contributed by atoms with E-state index in [1.165, 1.54) is 16.8 Å². The quantitative estimate of drug-likeness (QED) is 0.181. The van der Waals surface area contributed by atoms with Crippen LogP contribution in [0.1, 0.15) is 37.1 Å². The summed E-state index contributed by atoms with van der Waals surface area (Å²) in [5, 5.41) is 5.43. The van der Waals surface area contributed by atoms with Crippen molar-refractivity contribution in [1.29, 1.82) is 0 Å². The number of hydrogen-bond donors (Lipinski definition) is 0. The standard InChI is InChI=1S/C36H26F4NO2P/c1-21(33-27(37)13-7-14-28(33)38)41(22(2)34-29(39)15-8-16-30(34)40)44-42-31-19-17-23-9-3-5-11-25(23)35(31)36-26-12-6-4-10-24(26)18-20-32(36)43-44/h3-22H,1-2H3/t21-,22-/m1/s1. The molecule has 7 aromatic rings. The molecular weight excluding hydrogens is 585 g/mol. The molecule has 0 bridgehead atoms. The van der Waals surface area contributed by atoms with Crippen molar-refractivity contribution in [2.24, 2.45) is 0 Å². The number of hydrogen-bond acceptors (Lipinski definition) is 3.